The number of rotatable bonds is 14. The van der Waals surface area contributed by atoms with Crippen molar-refractivity contribution in [3.8, 4) is 0 Å². The van der Waals surface area contributed by atoms with E-state index >= 15 is 0 Å². The van der Waals surface area contributed by atoms with Gasteiger partial charge in [-0.25, -0.2) is 4.98 Å². The van der Waals surface area contributed by atoms with Crippen LogP contribution < -0.4 is 0 Å². The maximum Gasteiger partial charge on any atom is 0.306 e. The molecule has 45 heavy (non-hydrogen) atoms. The van der Waals surface area contributed by atoms with Crippen LogP contribution in [0.2, 0.25) is 0 Å². The zero-order valence-electron chi connectivity index (χ0n) is 28.5. The minimum atomic E-state index is -0.650. The predicted molar refractivity (Wildman–Crippen MR) is 179 cm³/mol. The van der Waals surface area contributed by atoms with E-state index in [4.69, 9.17) is 14.1 Å². The first-order valence-corrected chi connectivity index (χ1v) is 18.2. The van der Waals surface area contributed by atoms with Gasteiger partial charge in [0.05, 0.1) is 23.8 Å². The van der Waals surface area contributed by atoms with Gasteiger partial charge >= 0.3 is 5.97 Å². The van der Waals surface area contributed by atoms with Gasteiger partial charge in [0.25, 0.3) is 0 Å². The number of oxazole rings is 1. The minimum Gasteiger partial charge on any atom is -0.461 e. The first kappa shape index (κ1) is 34.2. The average Bonchev–Trinajstić information content (AvgIpc) is 3.53. The summed E-state index contributed by atoms with van der Waals surface area (Å²) < 4.78 is 12.6. The van der Waals surface area contributed by atoms with Gasteiger partial charge < -0.3 is 19.4 Å². The molecule has 2 N–H and O–H groups in total. The molecule has 1 aromatic heterocycles. The van der Waals surface area contributed by atoms with Gasteiger partial charge in [-0.2, -0.15) is 0 Å². The number of hydrogen-bond acceptors (Lipinski definition) is 6. The van der Waals surface area contributed by atoms with Crippen molar-refractivity contribution in [3.05, 3.63) is 53.3 Å². The number of carbonyl (C=O) groups is 1. The standard InChI is InChI=1S/C39H59NO5/c1-6-8-12-31-25-40-37(44-31)39(21-22-39)35(45-36(43)13-9-7-2)19-14-26(3)32-17-18-33-28(11-10-20-38(32,33)5)15-16-29-23-30(41)24-34(42)27(29)4/h15-16,25-26,30,32-35,41-42H,4,6-14,17-24H2,1-3,5H3/t26-,30-,32-,33+,34+,35-,38-/m1/s1. The molecule has 0 radical (unpaired) electrons. The maximum atomic E-state index is 13.0. The Kier molecular flexibility index (Phi) is 11.2. The van der Waals surface area contributed by atoms with Gasteiger partial charge in [0.15, 0.2) is 0 Å². The smallest absolute Gasteiger partial charge is 0.306 e. The third-order valence-electron chi connectivity index (χ3n) is 12.0. The zero-order valence-corrected chi connectivity index (χ0v) is 28.5. The molecule has 6 nitrogen and oxygen atoms in total. The lowest BCUT2D eigenvalue weighted by Gasteiger charge is -2.44. The molecule has 0 amide bonds. The fourth-order valence-corrected chi connectivity index (χ4v) is 9.09. The van der Waals surface area contributed by atoms with Crippen LogP contribution >= 0.6 is 0 Å². The lowest BCUT2D eigenvalue weighted by molar-refractivity contribution is -0.152. The Morgan fingerprint density at radius 1 is 1.16 bits per heavy atom. The summed E-state index contributed by atoms with van der Waals surface area (Å²) in [5, 5.41) is 20.5. The number of carbonyl (C=O) groups excluding carboxylic acids is 1. The van der Waals surface area contributed by atoms with Crippen molar-refractivity contribution in [2.24, 2.45) is 23.2 Å². The summed E-state index contributed by atoms with van der Waals surface area (Å²) in [4.78, 5) is 17.7. The second-order valence-electron chi connectivity index (χ2n) is 15.2. The molecule has 250 valence electrons. The van der Waals surface area contributed by atoms with E-state index in [9.17, 15) is 15.0 Å². The molecule has 5 rings (SSSR count). The van der Waals surface area contributed by atoms with Crippen molar-refractivity contribution in [3.63, 3.8) is 0 Å². The van der Waals surface area contributed by atoms with Crippen LogP contribution in [0, 0.1) is 23.2 Å². The number of nitrogens with zero attached hydrogens (tertiary/aromatic N) is 1. The first-order chi connectivity index (χ1) is 21.6. The van der Waals surface area contributed by atoms with Gasteiger partial charge in [0, 0.05) is 19.3 Å². The van der Waals surface area contributed by atoms with E-state index in [0.717, 1.165) is 87.0 Å². The molecule has 0 aliphatic heterocycles. The van der Waals surface area contributed by atoms with Crippen LogP contribution in [-0.2, 0) is 21.4 Å². The number of ether oxygens (including phenoxy) is 1. The Labute approximate surface area is 271 Å². The molecule has 4 fully saturated rings. The first-order valence-electron chi connectivity index (χ1n) is 18.2. The van der Waals surface area contributed by atoms with Crippen molar-refractivity contribution in [1.29, 1.82) is 0 Å². The highest BCUT2D eigenvalue weighted by Crippen LogP contribution is 2.60. The van der Waals surface area contributed by atoms with Gasteiger partial charge in [0.2, 0.25) is 5.89 Å². The quantitative estimate of drug-likeness (QED) is 0.202. The van der Waals surface area contributed by atoms with Crippen LogP contribution in [0.15, 0.2) is 46.1 Å². The fraction of sp³-hybridized carbons (Fsp3) is 0.744. The molecule has 0 unspecified atom stereocenters. The monoisotopic (exact) mass is 621 g/mol. The molecule has 0 aromatic carbocycles. The Hall–Kier alpha value is -2.18. The molecule has 0 bridgehead atoms. The van der Waals surface area contributed by atoms with E-state index < -0.39 is 12.2 Å². The molecule has 4 saturated carbocycles. The van der Waals surface area contributed by atoms with Crippen molar-refractivity contribution < 1.29 is 24.2 Å². The third-order valence-corrected chi connectivity index (χ3v) is 12.0. The normalized spacial score (nSPS) is 32.4. The number of allylic oxidation sites excluding steroid dienone is 3. The van der Waals surface area contributed by atoms with Gasteiger partial charge in [-0.1, -0.05) is 64.8 Å². The summed E-state index contributed by atoms with van der Waals surface area (Å²) in [6.07, 6.45) is 21.2. The van der Waals surface area contributed by atoms with E-state index in [0.29, 0.717) is 37.0 Å². The lowest BCUT2D eigenvalue weighted by Crippen LogP contribution is -2.37. The van der Waals surface area contributed by atoms with Crippen LogP contribution in [-0.4, -0.2) is 39.5 Å². The van der Waals surface area contributed by atoms with E-state index in [1.165, 1.54) is 31.3 Å². The summed E-state index contributed by atoms with van der Waals surface area (Å²) in [7, 11) is 0. The summed E-state index contributed by atoms with van der Waals surface area (Å²) in [5.74, 6) is 3.36. The topological polar surface area (TPSA) is 92.8 Å². The lowest BCUT2D eigenvalue weighted by atomic mass is 9.60. The van der Waals surface area contributed by atoms with Gasteiger partial charge in [-0.05, 0) is 111 Å². The Morgan fingerprint density at radius 3 is 2.67 bits per heavy atom. The van der Waals surface area contributed by atoms with Crippen LogP contribution in [0.25, 0.3) is 0 Å². The number of aryl methyl sites for hydroxylation is 1. The Bertz CT molecular complexity index is 1240. The van der Waals surface area contributed by atoms with Crippen LogP contribution in [0.5, 0.6) is 0 Å². The number of fused-ring (bicyclic) bond motifs is 1. The minimum absolute atomic E-state index is 0.0803. The molecule has 4 aliphatic rings. The second-order valence-corrected chi connectivity index (χ2v) is 15.2. The van der Waals surface area contributed by atoms with Gasteiger partial charge in [0.1, 0.15) is 11.9 Å². The highest BCUT2D eigenvalue weighted by Gasteiger charge is 2.57. The number of unbranched alkanes of at least 4 members (excludes halogenated alkanes) is 2. The summed E-state index contributed by atoms with van der Waals surface area (Å²) >= 11 is 0. The van der Waals surface area contributed by atoms with E-state index in [2.05, 4.69) is 46.4 Å². The SMILES string of the molecule is C=C1C(=CC=C2CCC[C@]3(C)[C@@H]([C@H](C)CC[C@@H](OC(=O)CCCC)C4(c5ncc(CCCC)o5)CC4)CC[C@@H]23)C[C@@H](O)C[C@@H]1O. The summed E-state index contributed by atoms with van der Waals surface area (Å²) in [6, 6.07) is 0. The molecule has 6 heteroatoms. The fourth-order valence-electron chi connectivity index (χ4n) is 9.09. The number of aliphatic hydroxyl groups is 2. The van der Waals surface area contributed by atoms with Crippen molar-refractivity contribution in [1.82, 2.24) is 4.98 Å². The van der Waals surface area contributed by atoms with Crippen molar-refractivity contribution in [2.45, 2.75) is 161 Å². The number of esters is 1. The van der Waals surface area contributed by atoms with Gasteiger partial charge in [-0.3, -0.25) is 4.79 Å². The van der Waals surface area contributed by atoms with Crippen molar-refractivity contribution in [2.75, 3.05) is 0 Å². The maximum absolute atomic E-state index is 13.0. The van der Waals surface area contributed by atoms with E-state index in [1.807, 2.05) is 6.20 Å². The number of hydrogen-bond donors (Lipinski definition) is 2. The molecular weight excluding hydrogens is 562 g/mol. The van der Waals surface area contributed by atoms with E-state index in [-0.39, 0.29) is 22.9 Å². The Balaban J connectivity index is 1.28. The van der Waals surface area contributed by atoms with Gasteiger partial charge in [-0.15, -0.1) is 0 Å². The molecule has 1 aromatic rings. The van der Waals surface area contributed by atoms with E-state index in [1.54, 1.807) is 0 Å². The van der Waals surface area contributed by atoms with Crippen molar-refractivity contribution >= 4 is 5.97 Å². The highest BCUT2D eigenvalue weighted by molar-refractivity contribution is 5.69. The highest BCUT2D eigenvalue weighted by atomic mass is 16.5. The summed E-state index contributed by atoms with van der Waals surface area (Å²) in [5.41, 5.74) is 3.25. The largest absolute Gasteiger partial charge is 0.461 e. The predicted octanol–water partition coefficient (Wildman–Crippen LogP) is 8.71. The van der Waals surface area contributed by atoms with Crippen LogP contribution in [0.3, 0.4) is 0 Å². The number of aromatic nitrogens is 1. The number of aliphatic hydroxyl groups excluding tert-OH is 2. The molecular formula is C39H59NO5. The third kappa shape index (κ3) is 7.53. The molecule has 0 saturated heterocycles. The molecule has 4 aliphatic carbocycles. The zero-order chi connectivity index (χ0) is 32.2. The second kappa shape index (κ2) is 14.7. The molecule has 0 spiro atoms. The summed E-state index contributed by atoms with van der Waals surface area (Å²) in [6.45, 7) is 13.4. The molecule has 1 heterocycles. The Morgan fingerprint density at radius 2 is 1.93 bits per heavy atom. The average molecular weight is 622 g/mol. The van der Waals surface area contributed by atoms with Crippen LogP contribution in [0.4, 0.5) is 0 Å². The van der Waals surface area contributed by atoms with Crippen LogP contribution in [0.1, 0.15) is 142 Å². The molecule has 7 atom stereocenters.